The first-order chi connectivity index (χ1) is 0. The minimum atomic E-state index is 0. The Morgan fingerprint density at radius 3 is 0.500 bits per heavy atom. The monoisotopic (exact) mass is 215 g/mol. The first kappa shape index (κ1) is 71.5. The molecule has 0 bridgehead atoms. The minimum absolute atomic E-state index is 0. The van der Waals surface area contributed by atoms with Gasteiger partial charge in [0.05, 0.1) is 0 Å². The van der Waals surface area contributed by atoms with E-state index in [-0.39, 0.29) is 93.8 Å². The van der Waals surface area contributed by atoms with E-state index in [1.54, 1.807) is 0 Å². The van der Waals surface area contributed by atoms with Crippen LogP contribution in [0.25, 0.3) is 0 Å². The fourth-order valence-corrected chi connectivity index (χ4v) is 0. The molecule has 0 atom stereocenters. The van der Waals surface area contributed by atoms with E-state index in [2.05, 4.69) is 0 Å². The molecule has 39 valence electrons. The van der Waals surface area contributed by atoms with Gasteiger partial charge in [-0.3, -0.25) is 0 Å². The summed E-state index contributed by atoms with van der Waals surface area (Å²) in [5.41, 5.74) is 0. The number of hydrogen-bond acceptors (Lipinski definition) is 4. The molecule has 0 nitrogen and oxygen atoms in total. The van der Waals surface area contributed by atoms with E-state index in [0.717, 1.165) is 0 Å². The number of thiol groups is 4. The molecule has 0 heterocycles. The summed E-state index contributed by atoms with van der Waals surface area (Å²) in [7, 11) is 0. The van der Waals surface area contributed by atoms with Gasteiger partial charge >= 0.3 is 39.8 Å². The average molecular weight is 216 g/mol. The van der Waals surface area contributed by atoms with Gasteiger partial charge < -0.3 is 54.0 Å². The van der Waals surface area contributed by atoms with Crippen molar-refractivity contribution in [3.05, 3.63) is 0 Å². The zero-order valence-corrected chi connectivity index (χ0v) is 8.86. The van der Waals surface area contributed by atoms with Gasteiger partial charge in [0.25, 0.3) is 0 Å². The molecule has 6 heteroatoms. The topological polar surface area (TPSA) is 0 Å². The van der Waals surface area contributed by atoms with Crippen LogP contribution in [0, 0.1) is 0 Å². The van der Waals surface area contributed by atoms with Gasteiger partial charge in [-0.2, -0.15) is 0 Å². The second-order valence-electron chi connectivity index (χ2n) is 0. The smallest absolute Gasteiger partial charge is 0.813 e. The van der Waals surface area contributed by atoms with E-state index < -0.39 is 0 Å². The van der Waals surface area contributed by atoms with Gasteiger partial charge in [-0.1, -0.05) is 0 Å². The largest absolute Gasteiger partial charge is 2.00 e. The molecule has 0 rings (SSSR count). The van der Waals surface area contributed by atoms with Crippen LogP contribution >= 0.6 is 0 Å². The molecule has 0 unspecified atom stereocenters. The molecule has 0 saturated heterocycles. The average Bonchev–Trinajstić information content (AvgIpc) is 0. The summed E-state index contributed by atoms with van der Waals surface area (Å²) in [4.78, 5) is 0. The van der Waals surface area contributed by atoms with Crippen molar-refractivity contribution in [2.75, 3.05) is 0 Å². The summed E-state index contributed by atoms with van der Waals surface area (Å²) in [5, 5.41) is 0. The van der Waals surface area contributed by atoms with E-state index in [9.17, 15) is 0 Å². The fraction of sp³-hybridized carbons (Fsp3) is 0. The van der Waals surface area contributed by atoms with E-state index in [0.29, 0.717) is 0 Å². The van der Waals surface area contributed by atoms with Gasteiger partial charge in [-0.25, -0.2) is 0 Å². The Balaban J connectivity index is 0. The number of hydrogen-bond donors (Lipinski definition) is 0. The summed E-state index contributed by atoms with van der Waals surface area (Å²) >= 11 is 0. The molecule has 0 aliphatic rings. The summed E-state index contributed by atoms with van der Waals surface area (Å²) in [6.45, 7) is 0. The molecule has 0 aromatic heterocycles. The molecule has 0 saturated carbocycles. The van der Waals surface area contributed by atoms with E-state index >= 15 is 0 Å². The quantitative estimate of drug-likeness (QED) is 0.275. The van der Waals surface area contributed by atoms with E-state index in [4.69, 9.17) is 0 Å². The molecule has 6 heavy (non-hydrogen) atoms. The Labute approximate surface area is 92.7 Å². The maximum atomic E-state index is 0. The molecule has 0 aromatic rings. The molecule has 0 N–H and O–H groups in total. The molecular weight excluding hydrogens is 212 g/mol. The van der Waals surface area contributed by atoms with Crippen LogP contribution in [0.15, 0.2) is 0 Å². The molecule has 0 spiro atoms. The maximum absolute atomic E-state index is 0. The Morgan fingerprint density at radius 2 is 0.500 bits per heavy atom. The summed E-state index contributed by atoms with van der Waals surface area (Å²) in [6.07, 6.45) is 0. The van der Waals surface area contributed by atoms with Crippen molar-refractivity contribution in [2.24, 2.45) is 0 Å². The Hall–Kier alpha value is 2.67. The van der Waals surface area contributed by atoms with Gasteiger partial charge in [0.15, 0.2) is 0 Å². The van der Waals surface area contributed by atoms with Gasteiger partial charge in [-0.15, -0.1) is 0 Å². The van der Waals surface area contributed by atoms with Crippen LogP contribution in [0.2, 0.25) is 0 Å². The normalized spacial score (nSPS) is 0. The van der Waals surface area contributed by atoms with Crippen molar-refractivity contribution in [3.63, 3.8) is 0 Å². The molecular formula is H4CoMgS4. The van der Waals surface area contributed by atoms with Crippen LogP contribution in [-0.4, -0.2) is 23.1 Å². The van der Waals surface area contributed by atoms with Crippen molar-refractivity contribution < 1.29 is 16.8 Å². The Kier molecular flexibility index (Phi) is 570. The van der Waals surface area contributed by atoms with Crippen LogP contribution in [0.3, 0.4) is 0 Å². The second kappa shape index (κ2) is 47.8. The molecule has 1 radical (unpaired) electrons. The maximum Gasteiger partial charge on any atom is 2.00 e. The molecule has 0 aromatic carbocycles. The van der Waals surface area contributed by atoms with Crippen LogP contribution < -0.4 is 0 Å². The first-order valence-corrected chi connectivity index (χ1v) is 0. The Morgan fingerprint density at radius 1 is 0.500 bits per heavy atom. The second-order valence-corrected chi connectivity index (χ2v) is 0. The molecule has 0 aliphatic carbocycles. The van der Waals surface area contributed by atoms with Crippen LogP contribution in [-0.2, 0) is 70.8 Å². The first-order valence-electron chi connectivity index (χ1n) is 0. The van der Waals surface area contributed by atoms with Gasteiger partial charge in [0, 0.05) is 0 Å². The van der Waals surface area contributed by atoms with Crippen molar-refractivity contribution in [2.45, 2.75) is 0 Å². The summed E-state index contributed by atoms with van der Waals surface area (Å²) in [6, 6.07) is 0. The summed E-state index contributed by atoms with van der Waals surface area (Å²) in [5.74, 6) is 0. The minimum Gasteiger partial charge on any atom is -0.813 e. The van der Waals surface area contributed by atoms with E-state index in [1.165, 1.54) is 0 Å². The van der Waals surface area contributed by atoms with Crippen molar-refractivity contribution in [1.29, 1.82) is 0 Å². The zero-order chi connectivity index (χ0) is 0. The van der Waals surface area contributed by atoms with Gasteiger partial charge in [-0.05, 0) is 0 Å². The van der Waals surface area contributed by atoms with E-state index in [1.807, 2.05) is 0 Å². The SMILES string of the molecule is [Co+2].[Mg+2].[SH-].[SH-].[SH-].[SH-]. The van der Waals surface area contributed by atoms with Gasteiger partial charge in [0.1, 0.15) is 0 Å². The van der Waals surface area contributed by atoms with Crippen molar-refractivity contribution in [1.82, 2.24) is 0 Å². The third kappa shape index (κ3) is 30.1. The predicted molar refractivity (Wildman–Crippen MR) is 40.8 cm³/mol. The van der Waals surface area contributed by atoms with Crippen LogP contribution in [0.5, 0.6) is 0 Å². The van der Waals surface area contributed by atoms with Crippen molar-refractivity contribution >= 4 is 77.0 Å². The third-order valence-corrected chi connectivity index (χ3v) is 0. The number of rotatable bonds is 0. The zero-order valence-electron chi connectivity index (χ0n) is 2.83. The molecule has 0 amide bonds. The standard InChI is InChI=1S/Co.Mg.4H2S/h;;4*1H2/q2*+2;;;;/p-4. The van der Waals surface area contributed by atoms with Crippen LogP contribution in [0.1, 0.15) is 0 Å². The Bertz CT molecular complexity index is 7.51. The predicted octanol–water partition coefficient (Wildman–Crippen LogP) is -1.46. The molecule has 0 fully saturated rings. The van der Waals surface area contributed by atoms with Crippen molar-refractivity contribution in [3.8, 4) is 0 Å². The van der Waals surface area contributed by atoms with Crippen LogP contribution in [0.4, 0.5) is 0 Å². The fourth-order valence-electron chi connectivity index (χ4n) is 0. The third-order valence-electron chi connectivity index (χ3n) is 0. The molecule has 0 aliphatic heterocycles. The summed E-state index contributed by atoms with van der Waals surface area (Å²) < 4.78 is 0. The van der Waals surface area contributed by atoms with Gasteiger partial charge in [0.2, 0.25) is 0 Å².